The molecule has 1 aromatic rings. The van der Waals surface area contributed by atoms with Gasteiger partial charge in [0, 0.05) is 10.6 Å². The van der Waals surface area contributed by atoms with Gasteiger partial charge >= 0.3 is 0 Å². The van der Waals surface area contributed by atoms with Crippen molar-refractivity contribution in [2.24, 2.45) is 0 Å². The fourth-order valence-corrected chi connectivity index (χ4v) is 1.41. The fourth-order valence-electron chi connectivity index (χ4n) is 0.754. The van der Waals surface area contributed by atoms with Crippen LogP contribution in [0.3, 0.4) is 0 Å². The van der Waals surface area contributed by atoms with E-state index in [0.717, 1.165) is 0 Å². The number of allylic oxidation sites excluding steroid dienone is 1. The van der Waals surface area contributed by atoms with Gasteiger partial charge in [-0.05, 0) is 15.9 Å². The Morgan fingerprint density at radius 1 is 1.71 bits per heavy atom. The lowest BCUT2D eigenvalue weighted by Crippen LogP contribution is -2.21. The monoisotopic (exact) mass is 316 g/mol. The Hall–Kier alpha value is -0.0300. The molecule has 0 aliphatic heterocycles. The van der Waals surface area contributed by atoms with Crippen molar-refractivity contribution < 1.29 is 0 Å². The van der Waals surface area contributed by atoms with Gasteiger partial charge in [-0.3, -0.25) is 9.36 Å². The highest BCUT2D eigenvalue weighted by Crippen LogP contribution is 2.14. The molecule has 0 N–H and O–H groups in total. The van der Waals surface area contributed by atoms with Gasteiger partial charge in [0.15, 0.2) is 5.15 Å². The van der Waals surface area contributed by atoms with Crippen molar-refractivity contribution in [2.45, 2.75) is 6.54 Å². The molecular formula is C7H4BrCl3N2O. The van der Waals surface area contributed by atoms with Crippen LogP contribution in [0.4, 0.5) is 0 Å². The summed E-state index contributed by atoms with van der Waals surface area (Å²) in [6.07, 6.45) is 1.30. The maximum Gasteiger partial charge on any atom is 0.269 e. The summed E-state index contributed by atoms with van der Waals surface area (Å²) in [4.78, 5) is 15.3. The summed E-state index contributed by atoms with van der Waals surface area (Å²) in [6, 6.07) is 0. The predicted octanol–water partition coefficient (Wildman–Crippen LogP) is 2.98. The van der Waals surface area contributed by atoms with Crippen molar-refractivity contribution in [3.63, 3.8) is 0 Å². The van der Waals surface area contributed by atoms with E-state index in [1.54, 1.807) is 0 Å². The zero-order chi connectivity index (χ0) is 10.7. The molecule has 1 aromatic heterocycles. The standard InChI is InChI=1S/C7H4BrCl3N2O/c8-5-6(11)12-3-13(7(5)14)2-4(10)1-9/h1,3H,2H2/b4-1+. The molecule has 0 spiro atoms. The van der Waals surface area contributed by atoms with Crippen molar-refractivity contribution in [1.29, 1.82) is 0 Å². The molecule has 3 nitrogen and oxygen atoms in total. The first-order chi connectivity index (χ1) is 6.56. The average Bonchev–Trinajstić information content (AvgIpc) is 2.19. The first-order valence-corrected chi connectivity index (χ1v) is 5.40. The van der Waals surface area contributed by atoms with Gasteiger partial charge in [0.25, 0.3) is 5.56 Å². The Balaban J connectivity index is 3.13. The zero-order valence-corrected chi connectivity index (χ0v) is 10.5. The van der Waals surface area contributed by atoms with Crippen molar-refractivity contribution in [3.05, 3.63) is 36.9 Å². The molecule has 14 heavy (non-hydrogen) atoms. The van der Waals surface area contributed by atoms with Crippen LogP contribution in [0.15, 0.2) is 26.2 Å². The van der Waals surface area contributed by atoms with Crippen LogP contribution in [0, 0.1) is 0 Å². The Kier molecular flexibility index (Phi) is 4.44. The molecule has 0 amide bonds. The zero-order valence-electron chi connectivity index (χ0n) is 6.68. The van der Waals surface area contributed by atoms with Gasteiger partial charge in [0.2, 0.25) is 0 Å². The third-order valence-electron chi connectivity index (χ3n) is 1.38. The van der Waals surface area contributed by atoms with E-state index in [4.69, 9.17) is 34.8 Å². The van der Waals surface area contributed by atoms with E-state index in [2.05, 4.69) is 20.9 Å². The lowest BCUT2D eigenvalue weighted by atomic mass is 10.5. The third kappa shape index (κ3) is 2.73. The highest BCUT2D eigenvalue weighted by atomic mass is 79.9. The molecule has 0 fully saturated rings. The maximum atomic E-state index is 11.5. The van der Waals surface area contributed by atoms with Crippen LogP contribution in [-0.2, 0) is 6.54 Å². The minimum atomic E-state index is -0.304. The first kappa shape index (κ1) is 12.0. The van der Waals surface area contributed by atoms with Crippen molar-refractivity contribution in [1.82, 2.24) is 9.55 Å². The van der Waals surface area contributed by atoms with Crippen LogP contribution in [-0.4, -0.2) is 9.55 Å². The fraction of sp³-hybridized carbons (Fsp3) is 0.143. The second-order valence-electron chi connectivity index (χ2n) is 2.34. The number of hydrogen-bond donors (Lipinski definition) is 0. The molecule has 1 rings (SSSR count). The SMILES string of the molecule is O=c1c(Br)c(Cl)ncn1C/C(Cl)=C\Cl. The number of nitrogens with zero attached hydrogens (tertiary/aromatic N) is 2. The van der Waals surface area contributed by atoms with Gasteiger partial charge in [-0.1, -0.05) is 34.8 Å². The van der Waals surface area contributed by atoms with Gasteiger partial charge in [-0.2, -0.15) is 0 Å². The van der Waals surface area contributed by atoms with Crippen LogP contribution in [0.5, 0.6) is 0 Å². The number of rotatable bonds is 2. The van der Waals surface area contributed by atoms with Crippen LogP contribution >= 0.6 is 50.7 Å². The summed E-state index contributed by atoms with van der Waals surface area (Å²) in [6.45, 7) is 0.173. The lowest BCUT2D eigenvalue weighted by Gasteiger charge is -2.04. The minimum absolute atomic E-state index is 0.122. The summed E-state index contributed by atoms with van der Waals surface area (Å²) in [7, 11) is 0. The molecule has 0 aliphatic rings. The van der Waals surface area contributed by atoms with Crippen molar-refractivity contribution in [3.8, 4) is 0 Å². The number of hydrogen-bond acceptors (Lipinski definition) is 2. The molecule has 0 atom stereocenters. The highest BCUT2D eigenvalue weighted by Gasteiger charge is 2.07. The van der Waals surface area contributed by atoms with E-state index < -0.39 is 0 Å². The van der Waals surface area contributed by atoms with Gasteiger partial charge in [0.1, 0.15) is 4.47 Å². The van der Waals surface area contributed by atoms with Gasteiger partial charge in [-0.25, -0.2) is 4.98 Å². The topological polar surface area (TPSA) is 34.9 Å². The molecule has 76 valence electrons. The molecule has 0 saturated carbocycles. The van der Waals surface area contributed by atoms with Crippen molar-refractivity contribution in [2.75, 3.05) is 0 Å². The van der Waals surface area contributed by atoms with Crippen LogP contribution in [0.25, 0.3) is 0 Å². The number of halogens is 4. The summed E-state index contributed by atoms with van der Waals surface area (Å²) >= 11 is 19.6. The van der Waals surface area contributed by atoms with E-state index in [-0.39, 0.29) is 21.7 Å². The highest BCUT2D eigenvalue weighted by molar-refractivity contribution is 9.10. The maximum absolute atomic E-state index is 11.5. The molecule has 7 heteroatoms. The lowest BCUT2D eigenvalue weighted by molar-refractivity contribution is 0.740. The first-order valence-electron chi connectivity index (χ1n) is 3.41. The molecule has 0 bridgehead atoms. The van der Waals surface area contributed by atoms with Gasteiger partial charge < -0.3 is 0 Å². The molecule has 0 aromatic carbocycles. The summed E-state index contributed by atoms with van der Waals surface area (Å²) in [5.41, 5.74) is 0.887. The van der Waals surface area contributed by atoms with E-state index in [1.807, 2.05) is 0 Å². The molecule has 0 aliphatic carbocycles. The Morgan fingerprint density at radius 3 is 2.93 bits per heavy atom. The number of aromatic nitrogens is 2. The summed E-state index contributed by atoms with van der Waals surface area (Å²) in [5, 5.41) is 0.460. The second kappa shape index (κ2) is 5.16. The Morgan fingerprint density at radius 2 is 2.36 bits per heavy atom. The largest absolute Gasteiger partial charge is 0.293 e. The van der Waals surface area contributed by atoms with Gasteiger partial charge in [-0.15, -0.1) is 0 Å². The minimum Gasteiger partial charge on any atom is -0.293 e. The van der Waals surface area contributed by atoms with E-state index in [1.165, 1.54) is 16.4 Å². The predicted molar refractivity (Wildman–Crippen MR) is 61.0 cm³/mol. The summed E-state index contributed by atoms with van der Waals surface area (Å²) in [5.74, 6) is 0. The molecule has 1 heterocycles. The van der Waals surface area contributed by atoms with Crippen molar-refractivity contribution >= 4 is 50.7 Å². The normalized spacial score (nSPS) is 11.9. The Bertz CT molecular complexity index is 429. The molecule has 0 saturated heterocycles. The van der Waals surface area contributed by atoms with Crippen LogP contribution in [0.1, 0.15) is 0 Å². The summed E-state index contributed by atoms with van der Waals surface area (Å²) < 4.78 is 1.50. The van der Waals surface area contributed by atoms with Gasteiger partial charge in [0.05, 0.1) is 12.9 Å². The van der Waals surface area contributed by atoms with E-state index >= 15 is 0 Å². The second-order valence-corrected chi connectivity index (χ2v) is 4.19. The molecule has 0 radical (unpaired) electrons. The van der Waals surface area contributed by atoms with E-state index in [9.17, 15) is 4.79 Å². The Labute approximate surface area is 103 Å². The quantitative estimate of drug-likeness (QED) is 0.786. The molecular weight excluding hydrogens is 314 g/mol. The van der Waals surface area contributed by atoms with E-state index in [0.29, 0.717) is 5.03 Å². The van der Waals surface area contributed by atoms with Crippen LogP contribution < -0.4 is 5.56 Å². The smallest absolute Gasteiger partial charge is 0.269 e. The molecule has 0 unspecified atom stereocenters. The van der Waals surface area contributed by atoms with Crippen LogP contribution in [0.2, 0.25) is 5.15 Å². The third-order valence-corrected chi connectivity index (χ3v) is 3.21. The average molecular weight is 318 g/mol.